The van der Waals surface area contributed by atoms with Crippen LogP contribution in [-0.2, 0) is 0 Å². The van der Waals surface area contributed by atoms with E-state index >= 15 is 0 Å². The van der Waals surface area contributed by atoms with Gasteiger partial charge in [-0.1, -0.05) is 32.9 Å². The number of thioether (sulfide) groups is 1. The Morgan fingerprint density at radius 2 is 1.67 bits per heavy atom. The smallest absolute Gasteiger partial charge is 0.0379 e. The second-order valence-electron chi connectivity index (χ2n) is 5.36. The lowest BCUT2D eigenvalue weighted by atomic mass is 9.94. The molecule has 2 atom stereocenters. The van der Waals surface area contributed by atoms with E-state index in [0.29, 0.717) is 23.8 Å². The molecule has 3 heteroatoms. The number of rotatable bonds is 6. The van der Waals surface area contributed by atoms with Gasteiger partial charge < -0.3 is 10.6 Å². The fourth-order valence-electron chi connectivity index (χ4n) is 2.28. The first kappa shape index (κ1) is 15.5. The molecule has 1 rings (SSSR count). The van der Waals surface area contributed by atoms with Crippen LogP contribution in [0.15, 0.2) is 29.2 Å². The third-order valence-corrected chi connectivity index (χ3v) is 4.08. The standard InChI is InChI=1S/C15H26N2S/c1-11(2)18-14-8-6-13(7-9-14)15(17(4)5)12(3)10-16/h6-9,11-12,15H,10,16H2,1-5H3. The van der Waals surface area contributed by atoms with Gasteiger partial charge in [0, 0.05) is 16.2 Å². The fourth-order valence-corrected chi connectivity index (χ4v) is 3.12. The van der Waals surface area contributed by atoms with E-state index in [-0.39, 0.29) is 0 Å². The summed E-state index contributed by atoms with van der Waals surface area (Å²) in [7, 11) is 4.24. The zero-order chi connectivity index (χ0) is 13.7. The third kappa shape index (κ3) is 4.30. The van der Waals surface area contributed by atoms with Gasteiger partial charge in [0.2, 0.25) is 0 Å². The van der Waals surface area contributed by atoms with Crippen LogP contribution in [0, 0.1) is 5.92 Å². The van der Waals surface area contributed by atoms with Gasteiger partial charge in [-0.3, -0.25) is 0 Å². The van der Waals surface area contributed by atoms with Crippen molar-refractivity contribution in [3.8, 4) is 0 Å². The lowest BCUT2D eigenvalue weighted by Gasteiger charge is -2.30. The Morgan fingerprint density at radius 1 is 1.11 bits per heavy atom. The van der Waals surface area contributed by atoms with E-state index in [2.05, 4.69) is 64.0 Å². The predicted molar refractivity (Wildman–Crippen MR) is 82.1 cm³/mol. The van der Waals surface area contributed by atoms with Crippen LogP contribution in [0.1, 0.15) is 32.4 Å². The SMILES string of the molecule is CC(C)Sc1ccc(C(C(C)CN)N(C)C)cc1. The highest BCUT2D eigenvalue weighted by atomic mass is 32.2. The molecule has 2 N–H and O–H groups in total. The molecule has 0 aliphatic carbocycles. The maximum absolute atomic E-state index is 5.81. The number of hydrogen-bond acceptors (Lipinski definition) is 3. The summed E-state index contributed by atoms with van der Waals surface area (Å²) in [5, 5.41) is 0.628. The van der Waals surface area contributed by atoms with Crippen LogP contribution < -0.4 is 5.73 Å². The molecule has 102 valence electrons. The number of benzene rings is 1. The second-order valence-corrected chi connectivity index (χ2v) is 7.01. The Hall–Kier alpha value is -0.510. The highest BCUT2D eigenvalue weighted by Crippen LogP contribution is 2.29. The Labute approximate surface area is 116 Å². The zero-order valence-electron chi connectivity index (χ0n) is 12.2. The first-order chi connectivity index (χ1) is 8.45. The van der Waals surface area contributed by atoms with E-state index in [1.54, 1.807) is 0 Å². The predicted octanol–water partition coefficient (Wildman–Crippen LogP) is 3.38. The van der Waals surface area contributed by atoms with Gasteiger partial charge in [0.1, 0.15) is 0 Å². The summed E-state index contributed by atoms with van der Waals surface area (Å²) >= 11 is 1.90. The topological polar surface area (TPSA) is 29.3 Å². The molecule has 0 bridgehead atoms. The normalized spacial score (nSPS) is 15.1. The highest BCUT2D eigenvalue weighted by Gasteiger charge is 2.20. The van der Waals surface area contributed by atoms with Crippen molar-refractivity contribution < 1.29 is 0 Å². The molecule has 2 unspecified atom stereocenters. The summed E-state index contributed by atoms with van der Waals surface area (Å²) in [6.45, 7) is 7.36. The van der Waals surface area contributed by atoms with Crippen molar-refractivity contribution in [2.45, 2.75) is 37.0 Å². The van der Waals surface area contributed by atoms with Crippen LogP contribution in [0.2, 0.25) is 0 Å². The van der Waals surface area contributed by atoms with Gasteiger partial charge in [-0.05, 0) is 44.3 Å². The summed E-state index contributed by atoms with van der Waals surface area (Å²) in [4.78, 5) is 3.59. The molecule has 0 saturated carbocycles. The maximum Gasteiger partial charge on any atom is 0.0379 e. The van der Waals surface area contributed by atoms with Crippen molar-refractivity contribution in [2.75, 3.05) is 20.6 Å². The fraction of sp³-hybridized carbons (Fsp3) is 0.600. The van der Waals surface area contributed by atoms with Crippen molar-refractivity contribution in [3.63, 3.8) is 0 Å². The average molecular weight is 266 g/mol. The molecule has 2 nitrogen and oxygen atoms in total. The molecule has 1 aromatic carbocycles. The van der Waals surface area contributed by atoms with Gasteiger partial charge in [0.15, 0.2) is 0 Å². The monoisotopic (exact) mass is 266 g/mol. The highest BCUT2D eigenvalue weighted by molar-refractivity contribution is 7.99. The lowest BCUT2D eigenvalue weighted by molar-refractivity contribution is 0.227. The largest absolute Gasteiger partial charge is 0.330 e. The molecule has 18 heavy (non-hydrogen) atoms. The molecular weight excluding hydrogens is 240 g/mol. The molecule has 0 radical (unpaired) electrons. The van der Waals surface area contributed by atoms with Crippen LogP contribution in [0.25, 0.3) is 0 Å². The summed E-state index contributed by atoms with van der Waals surface area (Å²) in [6.07, 6.45) is 0. The van der Waals surface area contributed by atoms with E-state index in [1.807, 2.05) is 11.8 Å². The van der Waals surface area contributed by atoms with Gasteiger partial charge in [-0.25, -0.2) is 0 Å². The summed E-state index contributed by atoms with van der Waals surface area (Å²) in [5.74, 6) is 0.462. The van der Waals surface area contributed by atoms with Gasteiger partial charge in [-0.2, -0.15) is 0 Å². The number of nitrogens with two attached hydrogens (primary N) is 1. The molecule has 0 aliphatic heterocycles. The Kier molecular flexibility index (Phi) is 6.19. The minimum absolute atomic E-state index is 0.396. The van der Waals surface area contributed by atoms with Gasteiger partial charge >= 0.3 is 0 Å². The van der Waals surface area contributed by atoms with Crippen molar-refractivity contribution in [1.29, 1.82) is 0 Å². The molecule has 0 fully saturated rings. The van der Waals surface area contributed by atoms with Crippen LogP contribution in [-0.4, -0.2) is 30.8 Å². The van der Waals surface area contributed by atoms with Crippen molar-refractivity contribution in [2.24, 2.45) is 11.7 Å². The van der Waals surface area contributed by atoms with Crippen molar-refractivity contribution in [1.82, 2.24) is 4.90 Å². The van der Waals surface area contributed by atoms with Crippen LogP contribution in [0.3, 0.4) is 0 Å². The molecule has 0 spiro atoms. The lowest BCUT2D eigenvalue weighted by Crippen LogP contribution is -2.30. The van der Waals surface area contributed by atoms with Crippen molar-refractivity contribution in [3.05, 3.63) is 29.8 Å². The van der Waals surface area contributed by atoms with E-state index in [9.17, 15) is 0 Å². The summed E-state index contributed by atoms with van der Waals surface area (Å²) in [6, 6.07) is 9.32. The van der Waals surface area contributed by atoms with Gasteiger partial charge in [0.25, 0.3) is 0 Å². The minimum Gasteiger partial charge on any atom is -0.330 e. The Balaban J connectivity index is 2.87. The third-order valence-electron chi connectivity index (χ3n) is 3.06. The van der Waals surface area contributed by atoms with Gasteiger partial charge in [-0.15, -0.1) is 11.8 Å². The van der Waals surface area contributed by atoms with Crippen LogP contribution >= 0.6 is 11.8 Å². The molecular formula is C15H26N2S. The molecule has 0 amide bonds. The minimum atomic E-state index is 0.396. The molecule has 0 heterocycles. The maximum atomic E-state index is 5.81. The summed E-state index contributed by atoms with van der Waals surface area (Å²) < 4.78 is 0. The quantitative estimate of drug-likeness (QED) is 0.800. The number of nitrogens with zero attached hydrogens (tertiary/aromatic N) is 1. The van der Waals surface area contributed by atoms with E-state index in [4.69, 9.17) is 5.73 Å². The number of hydrogen-bond donors (Lipinski definition) is 1. The summed E-state index contributed by atoms with van der Waals surface area (Å²) in [5.41, 5.74) is 7.17. The Bertz CT molecular complexity index is 346. The average Bonchev–Trinajstić information content (AvgIpc) is 2.30. The zero-order valence-corrected chi connectivity index (χ0v) is 13.0. The molecule has 1 aromatic rings. The van der Waals surface area contributed by atoms with E-state index in [1.165, 1.54) is 10.5 Å². The first-order valence-corrected chi connectivity index (χ1v) is 7.46. The van der Waals surface area contributed by atoms with Crippen molar-refractivity contribution >= 4 is 11.8 Å². The molecule has 0 aromatic heterocycles. The Morgan fingerprint density at radius 3 is 2.06 bits per heavy atom. The molecule has 0 saturated heterocycles. The van der Waals surface area contributed by atoms with Crippen LogP contribution in [0.5, 0.6) is 0 Å². The van der Waals surface area contributed by atoms with E-state index < -0.39 is 0 Å². The van der Waals surface area contributed by atoms with E-state index in [0.717, 1.165) is 0 Å². The first-order valence-electron chi connectivity index (χ1n) is 6.58. The second kappa shape index (κ2) is 7.17. The van der Waals surface area contributed by atoms with Crippen LogP contribution in [0.4, 0.5) is 0 Å². The van der Waals surface area contributed by atoms with Gasteiger partial charge in [0.05, 0.1) is 0 Å². The molecule has 0 aliphatic rings.